The van der Waals surface area contributed by atoms with Crippen molar-refractivity contribution < 1.29 is 29.4 Å². The average molecular weight is 837 g/mol. The van der Waals surface area contributed by atoms with E-state index in [1.54, 1.807) is 0 Å². The predicted octanol–water partition coefficient (Wildman–Crippen LogP) is 8.77. The lowest BCUT2D eigenvalue weighted by Gasteiger charge is -2.28. The first-order valence-corrected chi connectivity index (χ1v) is 22.6. The van der Waals surface area contributed by atoms with Crippen LogP contribution >= 0.6 is 0 Å². The summed E-state index contributed by atoms with van der Waals surface area (Å²) in [7, 11) is 0. The minimum Gasteiger partial charge on any atom is -0.481 e. The first-order chi connectivity index (χ1) is 29.8. The number of nitrogens with zero attached hydrogens (tertiary/aromatic N) is 2. The molecule has 2 aromatic carbocycles. The molecule has 10 rings (SSSR count). The van der Waals surface area contributed by atoms with Crippen LogP contribution in [0.3, 0.4) is 0 Å². The van der Waals surface area contributed by atoms with Crippen molar-refractivity contribution in [2.75, 3.05) is 10.6 Å². The van der Waals surface area contributed by atoms with E-state index in [1.165, 1.54) is 0 Å². The Kier molecular flexibility index (Phi) is 9.90. The van der Waals surface area contributed by atoms with E-state index in [9.17, 15) is 29.4 Å². The van der Waals surface area contributed by atoms with Gasteiger partial charge in [0.1, 0.15) is 11.4 Å². The van der Waals surface area contributed by atoms with E-state index in [0.29, 0.717) is 60.5 Å². The SMILES string of the molecule is Cc1c(NC(=O)c2cc(C3CC3)c(CNC34CCC(C(=O)O)(CC3)C4)cn2)cccc1-c1cccc(NC(=O)c2cc(C3CC3)c(CNC34CCC(C(=O)O)(CC3)C4)cn2)c1C. The topological polar surface area (TPSA) is 183 Å². The van der Waals surface area contributed by atoms with Crippen LogP contribution in [-0.4, -0.2) is 55.0 Å². The highest BCUT2D eigenvalue weighted by molar-refractivity contribution is 6.05. The second-order valence-electron chi connectivity index (χ2n) is 19.7. The molecule has 2 heterocycles. The quantitative estimate of drug-likeness (QED) is 0.0677. The van der Waals surface area contributed by atoms with Crippen molar-refractivity contribution in [2.24, 2.45) is 10.8 Å². The number of pyridine rings is 2. The van der Waals surface area contributed by atoms with E-state index in [2.05, 4.69) is 31.2 Å². The molecule has 4 aromatic rings. The molecular formula is C50H56N6O6. The van der Waals surface area contributed by atoms with Gasteiger partial charge in [-0.15, -0.1) is 0 Å². The molecule has 0 unspecified atom stereocenters. The monoisotopic (exact) mass is 836 g/mol. The number of carbonyl (C=O) groups is 4. The third kappa shape index (κ3) is 7.28. The van der Waals surface area contributed by atoms with Crippen LogP contribution < -0.4 is 21.3 Å². The molecule has 2 aromatic heterocycles. The number of hydrogen-bond donors (Lipinski definition) is 6. The summed E-state index contributed by atoms with van der Waals surface area (Å²) in [4.78, 5) is 60.9. The summed E-state index contributed by atoms with van der Waals surface area (Å²) < 4.78 is 0. The Bertz CT molecular complexity index is 2340. The fourth-order valence-corrected chi connectivity index (χ4v) is 11.6. The number of hydrogen-bond acceptors (Lipinski definition) is 8. The maximum atomic E-state index is 13.8. The zero-order valence-corrected chi connectivity index (χ0v) is 35.7. The summed E-state index contributed by atoms with van der Waals surface area (Å²) >= 11 is 0. The number of aliphatic carboxylic acids is 2. The summed E-state index contributed by atoms with van der Waals surface area (Å²) in [6.45, 7) is 5.19. The van der Waals surface area contributed by atoms with Crippen LogP contribution in [0.15, 0.2) is 60.9 Å². The number of fused-ring (bicyclic) bond motifs is 4. The Labute approximate surface area is 362 Å². The van der Waals surface area contributed by atoms with Crippen LogP contribution in [0, 0.1) is 24.7 Å². The molecule has 0 atom stereocenters. The summed E-state index contributed by atoms with van der Waals surface area (Å²) in [5.41, 5.74) is 8.72. The van der Waals surface area contributed by atoms with Crippen molar-refractivity contribution in [1.29, 1.82) is 0 Å². The molecule has 0 spiro atoms. The van der Waals surface area contributed by atoms with Crippen molar-refractivity contribution in [3.63, 3.8) is 0 Å². The van der Waals surface area contributed by atoms with Crippen LogP contribution in [0.2, 0.25) is 0 Å². The maximum absolute atomic E-state index is 13.8. The number of anilines is 2. The molecule has 0 saturated heterocycles. The third-order valence-corrected chi connectivity index (χ3v) is 15.9. The van der Waals surface area contributed by atoms with Gasteiger partial charge in [-0.2, -0.15) is 0 Å². The van der Waals surface area contributed by atoms with E-state index < -0.39 is 22.8 Å². The normalized spacial score (nSPS) is 27.1. The third-order valence-electron chi connectivity index (χ3n) is 15.9. The van der Waals surface area contributed by atoms with Crippen LogP contribution in [-0.2, 0) is 22.7 Å². The van der Waals surface area contributed by atoms with Crippen LogP contribution in [0.5, 0.6) is 0 Å². The molecule has 0 aliphatic heterocycles. The number of carbonyl (C=O) groups excluding carboxylic acids is 2. The first-order valence-electron chi connectivity index (χ1n) is 22.6. The van der Waals surface area contributed by atoms with Crippen molar-refractivity contribution in [3.05, 3.63) is 106 Å². The molecule has 6 aliphatic carbocycles. The largest absolute Gasteiger partial charge is 0.481 e. The summed E-state index contributed by atoms with van der Waals surface area (Å²) in [6.07, 6.45) is 15.7. The Morgan fingerprint density at radius 2 is 0.984 bits per heavy atom. The summed E-state index contributed by atoms with van der Waals surface area (Å²) in [5, 5.41) is 33.5. The van der Waals surface area contributed by atoms with E-state index >= 15 is 0 Å². The standard InChI is InChI=1S/C50H56N6O6/c1-29-35(5-3-7-39(29)55-43(57)41-21-37(31-9-10-31)33(23-51-41)25-53-49-17-13-47(27-49,14-18-49)45(59)60)36-6-4-8-40(30(36)2)56-44(58)42-22-38(32-11-12-32)34(24-52-42)26-54-50-19-15-48(28-50,16-20-50)46(61)62/h3-8,21-24,31-32,53-54H,9-20,25-28H2,1-2H3,(H,55,57)(H,56,58)(H,59,60)(H,61,62). The highest BCUT2D eigenvalue weighted by Crippen LogP contribution is 2.58. The van der Waals surface area contributed by atoms with Gasteiger partial charge in [0, 0.05) is 47.9 Å². The highest BCUT2D eigenvalue weighted by Gasteiger charge is 2.59. The Morgan fingerprint density at radius 3 is 1.32 bits per heavy atom. The van der Waals surface area contributed by atoms with Crippen molar-refractivity contribution in [2.45, 2.75) is 140 Å². The molecular weight excluding hydrogens is 781 g/mol. The minimum absolute atomic E-state index is 0.143. The zero-order valence-electron chi connectivity index (χ0n) is 35.7. The lowest BCUT2D eigenvalue weighted by molar-refractivity contribution is -0.149. The van der Waals surface area contributed by atoms with Gasteiger partial charge >= 0.3 is 11.9 Å². The van der Waals surface area contributed by atoms with Gasteiger partial charge in [-0.3, -0.25) is 29.1 Å². The highest BCUT2D eigenvalue weighted by atomic mass is 16.4. The molecule has 62 heavy (non-hydrogen) atoms. The van der Waals surface area contributed by atoms with Crippen molar-refractivity contribution >= 4 is 35.1 Å². The number of benzene rings is 2. The fourth-order valence-electron chi connectivity index (χ4n) is 11.6. The van der Waals surface area contributed by atoms with E-state index in [1.807, 2.05) is 74.8 Å². The van der Waals surface area contributed by atoms with Crippen molar-refractivity contribution in [3.8, 4) is 11.1 Å². The summed E-state index contributed by atoms with van der Waals surface area (Å²) in [6, 6.07) is 15.5. The second kappa shape index (κ2) is 15.1. The smallest absolute Gasteiger partial charge is 0.309 e. The van der Waals surface area contributed by atoms with Crippen LogP contribution in [0.1, 0.15) is 156 Å². The fraction of sp³-hybridized carbons (Fsp3) is 0.480. The van der Waals surface area contributed by atoms with Gasteiger partial charge in [-0.1, -0.05) is 24.3 Å². The van der Waals surface area contributed by atoms with E-state index in [0.717, 1.165) is 122 Å². The predicted molar refractivity (Wildman–Crippen MR) is 235 cm³/mol. The Morgan fingerprint density at radius 1 is 0.597 bits per heavy atom. The minimum atomic E-state index is -0.670. The second-order valence-corrected chi connectivity index (χ2v) is 19.7. The number of rotatable bonds is 15. The molecule has 322 valence electrons. The lowest BCUT2D eigenvalue weighted by atomic mass is 9.84. The summed E-state index contributed by atoms with van der Waals surface area (Å²) in [5.74, 6) is -1.10. The molecule has 6 N–H and O–H groups in total. The molecule has 4 bridgehead atoms. The van der Waals surface area contributed by atoms with Gasteiger partial charge in [0.15, 0.2) is 0 Å². The Hall–Kier alpha value is -5.46. The lowest BCUT2D eigenvalue weighted by Crippen LogP contribution is -2.40. The molecule has 12 heteroatoms. The molecule has 0 radical (unpaired) electrons. The van der Waals surface area contributed by atoms with Gasteiger partial charge < -0.3 is 31.5 Å². The Balaban J connectivity index is 0.813. The van der Waals surface area contributed by atoms with Gasteiger partial charge in [-0.25, -0.2) is 0 Å². The van der Waals surface area contributed by atoms with Crippen LogP contribution in [0.4, 0.5) is 11.4 Å². The average Bonchev–Trinajstić information content (AvgIpc) is 4.17. The van der Waals surface area contributed by atoms with Gasteiger partial charge in [0.05, 0.1) is 10.8 Å². The van der Waals surface area contributed by atoms with Gasteiger partial charge in [0.2, 0.25) is 0 Å². The number of carboxylic acid groups (broad SMARTS) is 2. The van der Waals surface area contributed by atoms with E-state index in [-0.39, 0.29) is 22.9 Å². The molecule has 6 aliphatic rings. The number of aromatic nitrogens is 2. The first kappa shape index (κ1) is 40.6. The van der Waals surface area contributed by atoms with Gasteiger partial charge in [0.25, 0.3) is 11.8 Å². The number of nitrogens with one attached hydrogen (secondary N) is 4. The van der Waals surface area contributed by atoms with E-state index in [4.69, 9.17) is 0 Å². The number of carboxylic acids is 2. The number of amides is 2. The maximum Gasteiger partial charge on any atom is 0.309 e. The van der Waals surface area contributed by atoms with Crippen molar-refractivity contribution in [1.82, 2.24) is 20.6 Å². The van der Waals surface area contributed by atoms with Gasteiger partial charge in [-0.05, 0) is 184 Å². The zero-order chi connectivity index (χ0) is 43.0. The molecule has 12 nitrogen and oxygen atoms in total. The molecule has 6 fully saturated rings. The molecule has 6 saturated carbocycles. The molecule has 2 amide bonds. The van der Waals surface area contributed by atoms with Crippen LogP contribution in [0.25, 0.3) is 11.1 Å².